The number of nitro groups is 1. The van der Waals surface area contributed by atoms with Gasteiger partial charge in [-0.05, 0) is 24.4 Å². The first-order valence-corrected chi connectivity index (χ1v) is 7.15. The second-order valence-electron chi connectivity index (χ2n) is 4.32. The zero-order chi connectivity index (χ0) is 15.2. The number of rotatable bonds is 6. The van der Waals surface area contributed by atoms with Crippen molar-refractivity contribution in [3.05, 3.63) is 56.8 Å². The standard InChI is InChI=1S/C14H14N2O4S/c1-10(13-7-4-8-21-13)15-14(17)9-20-12-6-3-2-5-11(12)16(18)19/h2-8,10H,9H2,1H3,(H,15,17)/t10-/m0/s1. The van der Waals surface area contributed by atoms with E-state index in [0.29, 0.717) is 0 Å². The molecule has 0 aliphatic heterocycles. The van der Waals surface area contributed by atoms with E-state index < -0.39 is 4.92 Å². The molecule has 1 atom stereocenters. The van der Waals surface area contributed by atoms with Gasteiger partial charge in [-0.3, -0.25) is 14.9 Å². The summed E-state index contributed by atoms with van der Waals surface area (Å²) < 4.78 is 5.23. The van der Waals surface area contributed by atoms with Crippen LogP contribution in [-0.2, 0) is 4.79 Å². The fourth-order valence-electron chi connectivity index (χ4n) is 1.77. The molecule has 0 saturated carbocycles. The maximum absolute atomic E-state index is 11.8. The van der Waals surface area contributed by atoms with Gasteiger partial charge in [-0.25, -0.2) is 0 Å². The van der Waals surface area contributed by atoms with Crippen LogP contribution in [0.25, 0.3) is 0 Å². The van der Waals surface area contributed by atoms with Crippen LogP contribution in [-0.4, -0.2) is 17.4 Å². The Bertz CT molecular complexity index is 628. The average Bonchev–Trinajstić information content (AvgIpc) is 2.99. The number of hydrogen-bond acceptors (Lipinski definition) is 5. The number of nitrogens with one attached hydrogen (secondary N) is 1. The van der Waals surface area contributed by atoms with Crippen LogP contribution in [0, 0.1) is 10.1 Å². The molecule has 0 radical (unpaired) electrons. The summed E-state index contributed by atoms with van der Waals surface area (Å²) in [6.07, 6.45) is 0. The topological polar surface area (TPSA) is 81.5 Å². The second kappa shape index (κ2) is 6.85. The number of hydrogen-bond donors (Lipinski definition) is 1. The summed E-state index contributed by atoms with van der Waals surface area (Å²) in [6.45, 7) is 1.61. The fraction of sp³-hybridized carbons (Fsp3) is 0.214. The predicted octanol–water partition coefficient (Wildman–Crippen LogP) is 2.91. The highest BCUT2D eigenvalue weighted by Gasteiger charge is 2.16. The van der Waals surface area contributed by atoms with Crippen LogP contribution in [0.5, 0.6) is 5.75 Å². The number of carbonyl (C=O) groups excluding carboxylic acids is 1. The molecule has 1 heterocycles. The van der Waals surface area contributed by atoms with Crippen molar-refractivity contribution in [1.29, 1.82) is 0 Å². The highest BCUT2D eigenvalue weighted by molar-refractivity contribution is 7.10. The number of para-hydroxylation sites is 2. The van der Waals surface area contributed by atoms with Gasteiger partial charge in [0.25, 0.3) is 5.91 Å². The van der Waals surface area contributed by atoms with Crippen molar-refractivity contribution >= 4 is 22.9 Å². The number of nitro benzene ring substituents is 1. The Morgan fingerprint density at radius 1 is 1.38 bits per heavy atom. The predicted molar refractivity (Wildman–Crippen MR) is 79.5 cm³/mol. The molecule has 1 aromatic heterocycles. The van der Waals surface area contributed by atoms with E-state index in [2.05, 4.69) is 5.32 Å². The molecule has 1 amide bonds. The van der Waals surface area contributed by atoms with Gasteiger partial charge in [-0.1, -0.05) is 18.2 Å². The Labute approximate surface area is 125 Å². The van der Waals surface area contributed by atoms with E-state index in [-0.39, 0.29) is 30.0 Å². The molecule has 0 spiro atoms. The summed E-state index contributed by atoms with van der Waals surface area (Å²) in [7, 11) is 0. The van der Waals surface area contributed by atoms with Gasteiger partial charge < -0.3 is 10.1 Å². The molecule has 0 unspecified atom stereocenters. The largest absolute Gasteiger partial charge is 0.477 e. The minimum atomic E-state index is -0.540. The molecule has 1 N–H and O–H groups in total. The Hall–Kier alpha value is -2.41. The molecule has 0 saturated heterocycles. The molecule has 21 heavy (non-hydrogen) atoms. The van der Waals surface area contributed by atoms with Gasteiger partial charge in [0, 0.05) is 10.9 Å². The SMILES string of the molecule is C[C@H](NC(=O)COc1ccccc1[N+](=O)[O-])c1cccs1. The van der Waals surface area contributed by atoms with E-state index >= 15 is 0 Å². The van der Waals surface area contributed by atoms with Gasteiger partial charge >= 0.3 is 5.69 Å². The molecule has 2 rings (SSSR count). The van der Waals surface area contributed by atoms with Crippen molar-refractivity contribution in [2.45, 2.75) is 13.0 Å². The molecule has 110 valence electrons. The number of amides is 1. The normalized spacial score (nSPS) is 11.7. The smallest absolute Gasteiger partial charge is 0.310 e. The highest BCUT2D eigenvalue weighted by Crippen LogP contribution is 2.25. The van der Waals surface area contributed by atoms with Crippen LogP contribution in [0.1, 0.15) is 17.8 Å². The molecule has 6 nitrogen and oxygen atoms in total. The first-order chi connectivity index (χ1) is 10.1. The molecule has 7 heteroatoms. The minimum absolute atomic E-state index is 0.0847. The van der Waals surface area contributed by atoms with Gasteiger partial charge in [0.1, 0.15) is 0 Å². The van der Waals surface area contributed by atoms with E-state index in [4.69, 9.17) is 4.74 Å². The molecule has 0 fully saturated rings. The quantitative estimate of drug-likeness (QED) is 0.657. The lowest BCUT2D eigenvalue weighted by Gasteiger charge is -2.12. The van der Waals surface area contributed by atoms with Crippen LogP contribution >= 0.6 is 11.3 Å². The molecule has 0 bridgehead atoms. The summed E-state index contributed by atoms with van der Waals surface area (Å²) in [5, 5.41) is 15.5. The third-order valence-electron chi connectivity index (χ3n) is 2.77. The Morgan fingerprint density at radius 3 is 2.81 bits per heavy atom. The van der Waals surface area contributed by atoms with E-state index in [1.54, 1.807) is 23.5 Å². The second-order valence-corrected chi connectivity index (χ2v) is 5.30. The van der Waals surface area contributed by atoms with Crippen molar-refractivity contribution in [2.75, 3.05) is 6.61 Å². The maximum Gasteiger partial charge on any atom is 0.310 e. The highest BCUT2D eigenvalue weighted by atomic mass is 32.1. The van der Waals surface area contributed by atoms with Gasteiger partial charge in [-0.15, -0.1) is 11.3 Å². The van der Waals surface area contributed by atoms with Crippen LogP contribution in [0.3, 0.4) is 0 Å². The van der Waals surface area contributed by atoms with Crippen LogP contribution in [0.4, 0.5) is 5.69 Å². The van der Waals surface area contributed by atoms with Crippen LogP contribution in [0.15, 0.2) is 41.8 Å². The lowest BCUT2D eigenvalue weighted by atomic mass is 10.3. The van der Waals surface area contributed by atoms with E-state index in [9.17, 15) is 14.9 Å². The van der Waals surface area contributed by atoms with E-state index in [0.717, 1.165) is 4.88 Å². The zero-order valence-corrected chi connectivity index (χ0v) is 12.1. The molecule has 0 aliphatic rings. The van der Waals surface area contributed by atoms with Crippen LogP contribution < -0.4 is 10.1 Å². The summed E-state index contributed by atoms with van der Waals surface area (Å²) in [4.78, 5) is 23.1. The van der Waals surface area contributed by atoms with Gasteiger partial charge in [0.15, 0.2) is 12.4 Å². The Kier molecular flexibility index (Phi) is 4.89. The lowest BCUT2D eigenvalue weighted by molar-refractivity contribution is -0.385. The Morgan fingerprint density at radius 2 is 2.14 bits per heavy atom. The number of ether oxygens (including phenoxy) is 1. The van der Waals surface area contributed by atoms with Crippen molar-refractivity contribution in [1.82, 2.24) is 5.32 Å². The molecular formula is C14H14N2O4S. The summed E-state index contributed by atoms with van der Waals surface area (Å²) in [5.41, 5.74) is -0.156. The first kappa shape index (κ1) is 15.0. The molecule has 2 aromatic rings. The number of nitrogens with zero attached hydrogens (tertiary/aromatic N) is 1. The van der Waals surface area contributed by atoms with Gasteiger partial charge in [0.2, 0.25) is 0 Å². The van der Waals surface area contributed by atoms with Gasteiger partial charge in [0.05, 0.1) is 11.0 Å². The van der Waals surface area contributed by atoms with Crippen molar-refractivity contribution in [3.8, 4) is 5.75 Å². The average molecular weight is 306 g/mol. The summed E-state index contributed by atoms with van der Waals surface area (Å²) in [5.74, 6) is -0.240. The summed E-state index contributed by atoms with van der Waals surface area (Å²) >= 11 is 1.55. The molecule has 0 aliphatic carbocycles. The monoisotopic (exact) mass is 306 g/mol. The third kappa shape index (κ3) is 4.03. The van der Waals surface area contributed by atoms with Crippen molar-refractivity contribution in [3.63, 3.8) is 0 Å². The van der Waals surface area contributed by atoms with Gasteiger partial charge in [-0.2, -0.15) is 0 Å². The van der Waals surface area contributed by atoms with E-state index in [1.165, 1.54) is 12.1 Å². The maximum atomic E-state index is 11.8. The zero-order valence-electron chi connectivity index (χ0n) is 11.3. The minimum Gasteiger partial charge on any atom is -0.477 e. The van der Waals surface area contributed by atoms with Crippen LogP contribution in [0.2, 0.25) is 0 Å². The van der Waals surface area contributed by atoms with Crippen molar-refractivity contribution in [2.24, 2.45) is 0 Å². The number of carbonyl (C=O) groups is 1. The lowest BCUT2D eigenvalue weighted by Crippen LogP contribution is -2.30. The fourth-order valence-corrected chi connectivity index (χ4v) is 2.50. The third-order valence-corrected chi connectivity index (χ3v) is 3.82. The van der Waals surface area contributed by atoms with E-state index in [1.807, 2.05) is 24.4 Å². The molecular weight excluding hydrogens is 292 g/mol. The number of thiophene rings is 1. The summed E-state index contributed by atoms with van der Waals surface area (Å²) in [6, 6.07) is 9.69. The number of benzene rings is 1. The Balaban J connectivity index is 1.91. The molecule has 1 aromatic carbocycles. The van der Waals surface area contributed by atoms with Crippen molar-refractivity contribution < 1.29 is 14.5 Å². The first-order valence-electron chi connectivity index (χ1n) is 6.27.